The molecule has 2 aromatic rings. The van der Waals surface area contributed by atoms with E-state index in [-0.39, 0.29) is 5.24 Å². The Morgan fingerprint density at radius 3 is 2.52 bits per heavy atom. The first-order valence-electron chi connectivity index (χ1n) is 7.54. The van der Waals surface area contributed by atoms with Gasteiger partial charge >= 0.3 is 0 Å². The highest BCUT2D eigenvalue weighted by Crippen LogP contribution is 2.27. The molecule has 0 N–H and O–H groups in total. The van der Waals surface area contributed by atoms with Crippen LogP contribution in [-0.2, 0) is 6.61 Å². The van der Waals surface area contributed by atoms with Crippen LogP contribution in [0.3, 0.4) is 0 Å². The van der Waals surface area contributed by atoms with E-state index in [4.69, 9.17) is 4.74 Å². The SMILES string of the molecule is CSC(=O)N(C)c1cccc(C)c1COc1ccc(C)cc1C. The van der Waals surface area contributed by atoms with Crippen molar-refractivity contribution in [3.05, 3.63) is 58.7 Å². The lowest BCUT2D eigenvalue weighted by Gasteiger charge is -2.21. The van der Waals surface area contributed by atoms with Gasteiger partial charge in [-0.25, -0.2) is 0 Å². The van der Waals surface area contributed by atoms with E-state index in [1.54, 1.807) is 18.2 Å². The molecule has 1 amide bonds. The molecule has 23 heavy (non-hydrogen) atoms. The summed E-state index contributed by atoms with van der Waals surface area (Å²) < 4.78 is 6.02. The fourth-order valence-electron chi connectivity index (χ4n) is 2.54. The molecule has 0 atom stereocenters. The lowest BCUT2D eigenvalue weighted by molar-refractivity contribution is 0.266. The van der Waals surface area contributed by atoms with Crippen LogP contribution in [-0.4, -0.2) is 18.5 Å². The molecule has 2 aromatic carbocycles. The van der Waals surface area contributed by atoms with Gasteiger partial charge in [0.2, 0.25) is 0 Å². The number of anilines is 1. The lowest BCUT2D eigenvalue weighted by Crippen LogP contribution is -2.23. The molecule has 0 aliphatic heterocycles. The van der Waals surface area contributed by atoms with E-state index < -0.39 is 0 Å². The molecule has 0 aliphatic carbocycles. The topological polar surface area (TPSA) is 29.5 Å². The van der Waals surface area contributed by atoms with Gasteiger partial charge < -0.3 is 9.64 Å². The van der Waals surface area contributed by atoms with Crippen LogP contribution in [0.25, 0.3) is 0 Å². The van der Waals surface area contributed by atoms with Crippen molar-refractivity contribution in [3.8, 4) is 5.75 Å². The van der Waals surface area contributed by atoms with Crippen LogP contribution in [0, 0.1) is 20.8 Å². The number of carbonyl (C=O) groups is 1. The second-order valence-corrected chi connectivity index (χ2v) is 6.42. The predicted octanol–water partition coefficient (Wildman–Crippen LogP) is 5.11. The van der Waals surface area contributed by atoms with E-state index >= 15 is 0 Å². The highest BCUT2D eigenvalue weighted by atomic mass is 32.2. The second-order valence-electron chi connectivity index (χ2n) is 5.66. The van der Waals surface area contributed by atoms with Crippen molar-refractivity contribution >= 4 is 22.7 Å². The first-order valence-corrected chi connectivity index (χ1v) is 8.76. The number of thioether (sulfide) groups is 1. The average Bonchev–Trinajstić information content (AvgIpc) is 2.53. The van der Waals surface area contributed by atoms with Gasteiger partial charge in [0.1, 0.15) is 12.4 Å². The van der Waals surface area contributed by atoms with E-state index in [1.807, 2.05) is 44.2 Å². The van der Waals surface area contributed by atoms with Gasteiger partial charge in [-0.05, 0) is 50.3 Å². The maximum atomic E-state index is 12.0. The molecule has 0 heterocycles. The third-order valence-electron chi connectivity index (χ3n) is 3.90. The van der Waals surface area contributed by atoms with Crippen LogP contribution in [0.1, 0.15) is 22.3 Å². The van der Waals surface area contributed by atoms with Crippen LogP contribution < -0.4 is 9.64 Å². The number of benzene rings is 2. The Labute approximate surface area is 142 Å². The zero-order valence-electron chi connectivity index (χ0n) is 14.3. The van der Waals surface area contributed by atoms with E-state index in [9.17, 15) is 4.79 Å². The van der Waals surface area contributed by atoms with Crippen molar-refractivity contribution in [2.24, 2.45) is 0 Å². The van der Waals surface area contributed by atoms with Gasteiger partial charge in [0.05, 0.1) is 5.69 Å². The molecule has 0 saturated carbocycles. The summed E-state index contributed by atoms with van der Waals surface area (Å²) in [5.74, 6) is 0.878. The second kappa shape index (κ2) is 7.55. The molecule has 0 aliphatic rings. The normalized spacial score (nSPS) is 10.5. The summed E-state index contributed by atoms with van der Waals surface area (Å²) in [6.07, 6.45) is 1.79. The summed E-state index contributed by atoms with van der Waals surface area (Å²) in [7, 11) is 1.80. The minimum atomic E-state index is 0.0170. The van der Waals surface area contributed by atoms with Crippen molar-refractivity contribution in [3.63, 3.8) is 0 Å². The highest BCUT2D eigenvalue weighted by Gasteiger charge is 2.15. The Bertz CT molecular complexity index is 713. The fourth-order valence-corrected chi connectivity index (χ4v) is 2.91. The van der Waals surface area contributed by atoms with Crippen LogP contribution >= 0.6 is 11.8 Å². The Kier molecular flexibility index (Phi) is 5.72. The summed E-state index contributed by atoms with van der Waals surface area (Å²) in [4.78, 5) is 13.7. The summed E-state index contributed by atoms with van der Waals surface area (Å²) in [5.41, 5.74) is 5.39. The number of ether oxygens (including phenoxy) is 1. The van der Waals surface area contributed by atoms with Crippen molar-refractivity contribution in [1.29, 1.82) is 0 Å². The summed E-state index contributed by atoms with van der Waals surface area (Å²) in [6.45, 7) is 6.60. The molecule has 0 bridgehead atoms. The quantitative estimate of drug-likeness (QED) is 0.780. The maximum absolute atomic E-state index is 12.0. The highest BCUT2D eigenvalue weighted by molar-refractivity contribution is 8.13. The Hall–Kier alpha value is -1.94. The molecule has 122 valence electrons. The van der Waals surface area contributed by atoms with Crippen LogP contribution in [0.2, 0.25) is 0 Å². The van der Waals surface area contributed by atoms with Gasteiger partial charge in [-0.1, -0.05) is 41.6 Å². The first-order chi connectivity index (χ1) is 10.9. The number of carbonyl (C=O) groups excluding carboxylic acids is 1. The Morgan fingerprint density at radius 1 is 1.13 bits per heavy atom. The van der Waals surface area contributed by atoms with Crippen LogP contribution in [0.5, 0.6) is 5.75 Å². The molecule has 3 nitrogen and oxygen atoms in total. The number of hydrogen-bond acceptors (Lipinski definition) is 3. The predicted molar refractivity (Wildman–Crippen MR) is 98.7 cm³/mol. The smallest absolute Gasteiger partial charge is 0.285 e. The molecule has 2 rings (SSSR count). The van der Waals surface area contributed by atoms with E-state index in [1.165, 1.54) is 17.3 Å². The molecular formula is C19H23NO2S. The van der Waals surface area contributed by atoms with E-state index in [0.29, 0.717) is 6.61 Å². The minimum absolute atomic E-state index is 0.0170. The van der Waals surface area contributed by atoms with E-state index in [0.717, 1.165) is 28.1 Å². The van der Waals surface area contributed by atoms with Crippen molar-refractivity contribution in [2.45, 2.75) is 27.4 Å². The zero-order valence-corrected chi connectivity index (χ0v) is 15.2. The Balaban J connectivity index is 2.27. The number of aryl methyl sites for hydroxylation is 3. The Morgan fingerprint density at radius 2 is 1.87 bits per heavy atom. The number of hydrogen-bond donors (Lipinski definition) is 0. The van der Waals surface area contributed by atoms with Crippen LogP contribution in [0.15, 0.2) is 36.4 Å². The average molecular weight is 329 g/mol. The molecular weight excluding hydrogens is 306 g/mol. The van der Waals surface area contributed by atoms with Crippen molar-refractivity contribution in [1.82, 2.24) is 0 Å². The van der Waals surface area contributed by atoms with E-state index in [2.05, 4.69) is 13.0 Å². The number of nitrogens with zero attached hydrogens (tertiary/aromatic N) is 1. The molecule has 0 fully saturated rings. The monoisotopic (exact) mass is 329 g/mol. The standard InChI is InChI=1S/C19H23NO2S/c1-13-9-10-18(15(3)11-13)22-12-16-14(2)7-6-8-17(16)20(4)19(21)23-5/h6-11H,12H2,1-5H3. The van der Waals surface area contributed by atoms with Gasteiger partial charge in [0.25, 0.3) is 5.24 Å². The van der Waals surface area contributed by atoms with Gasteiger partial charge in [-0.15, -0.1) is 0 Å². The molecule has 0 saturated heterocycles. The summed E-state index contributed by atoms with van der Waals surface area (Å²) >= 11 is 1.21. The van der Waals surface area contributed by atoms with Crippen molar-refractivity contribution in [2.75, 3.05) is 18.2 Å². The molecule has 0 aromatic heterocycles. The molecule has 4 heteroatoms. The van der Waals surface area contributed by atoms with Crippen LogP contribution in [0.4, 0.5) is 10.5 Å². The first kappa shape index (κ1) is 17.4. The molecule has 0 radical (unpaired) electrons. The molecule has 0 unspecified atom stereocenters. The number of rotatable bonds is 4. The summed E-state index contributed by atoms with van der Waals surface area (Å²) in [5, 5.41) is 0.0170. The zero-order chi connectivity index (χ0) is 17.0. The minimum Gasteiger partial charge on any atom is -0.489 e. The third kappa shape index (κ3) is 4.08. The largest absolute Gasteiger partial charge is 0.489 e. The van der Waals surface area contributed by atoms with Gasteiger partial charge in [0, 0.05) is 12.6 Å². The maximum Gasteiger partial charge on any atom is 0.285 e. The van der Waals surface area contributed by atoms with Gasteiger partial charge in [0.15, 0.2) is 0 Å². The third-order valence-corrected chi connectivity index (χ3v) is 4.52. The summed E-state index contributed by atoms with van der Waals surface area (Å²) in [6, 6.07) is 12.1. The van der Waals surface area contributed by atoms with Crippen molar-refractivity contribution < 1.29 is 9.53 Å². The lowest BCUT2D eigenvalue weighted by atomic mass is 10.1. The van der Waals surface area contributed by atoms with Gasteiger partial charge in [-0.3, -0.25) is 4.79 Å². The molecule has 0 spiro atoms. The fraction of sp³-hybridized carbons (Fsp3) is 0.316. The van der Waals surface area contributed by atoms with Gasteiger partial charge in [-0.2, -0.15) is 0 Å². The number of amides is 1.